The first-order chi connectivity index (χ1) is 21.2. The first kappa shape index (κ1) is 43.0. The summed E-state index contributed by atoms with van der Waals surface area (Å²) < 4.78 is 12.6. The Morgan fingerprint density at radius 1 is 0.545 bits per heavy atom. The molecule has 0 aliphatic carbocycles. The van der Waals surface area contributed by atoms with E-state index in [1.54, 1.807) is 0 Å². The minimum atomic E-state index is -5.26. The van der Waals surface area contributed by atoms with Gasteiger partial charge in [0.1, 0.15) is 0 Å². The van der Waals surface area contributed by atoms with Gasteiger partial charge in [-0.3, -0.25) is 4.79 Å². The molecule has 1 unspecified atom stereocenters. The number of hydrogen-bond acceptors (Lipinski definition) is 4. The van der Waals surface area contributed by atoms with Gasteiger partial charge in [-0.05, 0) is 12.8 Å². The Balaban J connectivity index is 4.43. The zero-order valence-corrected chi connectivity index (χ0v) is 29.5. The lowest BCUT2D eigenvalue weighted by atomic mass is 9.92. The van der Waals surface area contributed by atoms with E-state index in [0.29, 0.717) is 19.3 Å². The van der Waals surface area contributed by atoms with Gasteiger partial charge < -0.3 is 20.0 Å². The molecule has 0 aliphatic heterocycles. The quantitative estimate of drug-likeness (QED) is 0.0411. The topological polar surface area (TPSA) is 135 Å². The van der Waals surface area contributed by atoms with E-state index in [4.69, 9.17) is 0 Å². The second-order valence-electron chi connectivity index (χ2n) is 13.1. The highest BCUT2D eigenvalue weighted by Gasteiger charge is 2.53. The summed E-state index contributed by atoms with van der Waals surface area (Å²) in [5.41, 5.74) is -2.32. The van der Waals surface area contributed by atoms with Crippen LogP contribution >= 0.6 is 7.75 Å². The van der Waals surface area contributed by atoms with Crippen LogP contribution in [0.3, 0.4) is 0 Å². The van der Waals surface area contributed by atoms with Crippen LogP contribution in [0.15, 0.2) is 0 Å². The summed E-state index contributed by atoms with van der Waals surface area (Å²) in [7, 11) is -5.26. The Labute approximate surface area is 270 Å². The predicted molar refractivity (Wildman–Crippen MR) is 182 cm³/mol. The van der Waals surface area contributed by atoms with Crippen molar-refractivity contribution in [2.75, 3.05) is 6.61 Å². The molecule has 0 spiro atoms. The third-order valence-electron chi connectivity index (χ3n) is 9.00. The summed E-state index contributed by atoms with van der Waals surface area (Å²) in [6, 6.07) is 0. The Morgan fingerprint density at radius 2 is 0.841 bits per heavy atom. The monoisotopic (exact) mass is 647 g/mol. The standard InChI is InChI=1S/C35H70NO7P/c1-3-5-7-9-11-13-15-17-19-21-23-25-27-29-31-35(32-37,34(39)40)36(44(41,42)43)33(38)30-28-26-24-22-20-18-16-14-12-10-8-6-4-2/h37H,3-32H2,1-2H3,(H,39,40)(H2,41,42,43). The number of aliphatic carboxylic acids is 1. The average Bonchev–Trinajstić information content (AvgIpc) is 2.98. The van der Waals surface area contributed by atoms with Gasteiger partial charge in [0.05, 0.1) is 6.61 Å². The van der Waals surface area contributed by atoms with Crippen LogP contribution in [0.2, 0.25) is 0 Å². The molecule has 0 aromatic rings. The second kappa shape index (κ2) is 28.3. The van der Waals surface area contributed by atoms with Crippen molar-refractivity contribution in [3.05, 3.63) is 0 Å². The molecular weight excluding hydrogens is 577 g/mol. The van der Waals surface area contributed by atoms with Crippen LogP contribution in [0.25, 0.3) is 0 Å². The maximum atomic E-state index is 13.0. The highest BCUT2D eigenvalue weighted by molar-refractivity contribution is 7.50. The molecule has 0 bridgehead atoms. The van der Waals surface area contributed by atoms with Gasteiger partial charge in [-0.1, -0.05) is 181 Å². The van der Waals surface area contributed by atoms with Crippen LogP contribution in [-0.2, 0) is 14.2 Å². The maximum Gasteiger partial charge on any atom is 0.433 e. The lowest BCUT2D eigenvalue weighted by Gasteiger charge is -2.39. The molecule has 0 rings (SSSR count). The van der Waals surface area contributed by atoms with Crippen LogP contribution in [0.5, 0.6) is 0 Å². The highest BCUT2D eigenvalue weighted by Crippen LogP contribution is 2.48. The van der Waals surface area contributed by atoms with E-state index in [2.05, 4.69) is 13.8 Å². The van der Waals surface area contributed by atoms with E-state index in [1.807, 2.05) is 0 Å². The number of carboxylic acid groups (broad SMARTS) is 1. The lowest BCUT2D eigenvalue weighted by molar-refractivity contribution is -0.158. The largest absolute Gasteiger partial charge is 0.479 e. The molecule has 0 heterocycles. The normalized spacial score (nSPS) is 13.2. The summed E-state index contributed by atoms with van der Waals surface area (Å²) in [6.07, 6.45) is 30.0. The smallest absolute Gasteiger partial charge is 0.433 e. The minimum absolute atomic E-state index is 0.142. The number of aliphatic hydroxyl groups excluding tert-OH is 1. The Hall–Kier alpha value is -0.950. The Kier molecular flexibility index (Phi) is 27.7. The van der Waals surface area contributed by atoms with Gasteiger partial charge in [0.15, 0.2) is 5.54 Å². The van der Waals surface area contributed by atoms with Gasteiger partial charge >= 0.3 is 13.7 Å². The van der Waals surface area contributed by atoms with E-state index in [0.717, 1.165) is 44.9 Å². The van der Waals surface area contributed by atoms with E-state index in [-0.39, 0.29) is 17.5 Å². The first-order valence-electron chi connectivity index (χ1n) is 18.4. The number of carboxylic acids is 1. The van der Waals surface area contributed by atoms with Crippen molar-refractivity contribution >= 4 is 19.6 Å². The molecule has 0 saturated carbocycles. The molecule has 0 aliphatic rings. The Morgan fingerprint density at radius 3 is 1.11 bits per heavy atom. The van der Waals surface area contributed by atoms with Crippen molar-refractivity contribution < 1.29 is 34.2 Å². The number of nitrogens with zero attached hydrogens (tertiary/aromatic N) is 1. The van der Waals surface area contributed by atoms with Gasteiger partial charge in [-0.15, -0.1) is 0 Å². The van der Waals surface area contributed by atoms with Crippen molar-refractivity contribution in [1.82, 2.24) is 4.67 Å². The molecule has 0 radical (unpaired) electrons. The van der Waals surface area contributed by atoms with Crippen LogP contribution in [0.1, 0.15) is 200 Å². The fourth-order valence-corrected chi connectivity index (χ4v) is 7.30. The average molecular weight is 648 g/mol. The molecule has 0 aromatic heterocycles. The second-order valence-corrected chi connectivity index (χ2v) is 14.5. The SMILES string of the molecule is CCCCCCCCCCCCCCCCC(CO)(C(=O)O)N(C(=O)CCCCCCCCCCCCCCC)P(=O)(O)O. The summed E-state index contributed by atoms with van der Waals surface area (Å²) in [5, 5.41) is 20.1. The van der Waals surface area contributed by atoms with Crippen molar-refractivity contribution in [3.63, 3.8) is 0 Å². The van der Waals surface area contributed by atoms with Crippen molar-refractivity contribution in [1.29, 1.82) is 0 Å². The first-order valence-corrected chi connectivity index (χ1v) is 20.0. The number of rotatable bonds is 33. The van der Waals surface area contributed by atoms with Gasteiger partial charge in [0.2, 0.25) is 5.91 Å². The van der Waals surface area contributed by atoms with Gasteiger partial charge in [0.25, 0.3) is 0 Å². The highest BCUT2D eigenvalue weighted by atomic mass is 31.2. The van der Waals surface area contributed by atoms with Crippen LogP contribution in [0.4, 0.5) is 0 Å². The fourth-order valence-electron chi connectivity index (χ4n) is 6.16. The van der Waals surface area contributed by atoms with Gasteiger partial charge in [-0.2, -0.15) is 0 Å². The molecule has 9 heteroatoms. The molecule has 0 saturated heterocycles. The lowest BCUT2D eigenvalue weighted by Crippen LogP contribution is -2.58. The molecule has 262 valence electrons. The van der Waals surface area contributed by atoms with Crippen LogP contribution < -0.4 is 0 Å². The molecule has 0 fully saturated rings. The molecule has 4 N–H and O–H groups in total. The predicted octanol–water partition coefficient (Wildman–Crippen LogP) is 10.1. The van der Waals surface area contributed by atoms with Crippen molar-refractivity contribution in [3.8, 4) is 0 Å². The van der Waals surface area contributed by atoms with Crippen molar-refractivity contribution in [2.24, 2.45) is 0 Å². The van der Waals surface area contributed by atoms with Crippen LogP contribution in [0, 0.1) is 0 Å². The molecular formula is C35H70NO7P. The van der Waals surface area contributed by atoms with Gasteiger partial charge in [-0.25, -0.2) is 14.0 Å². The van der Waals surface area contributed by atoms with Gasteiger partial charge in [0, 0.05) is 6.42 Å². The molecule has 1 amide bonds. The zero-order chi connectivity index (χ0) is 32.9. The van der Waals surface area contributed by atoms with Crippen molar-refractivity contribution in [2.45, 2.75) is 206 Å². The molecule has 0 aromatic carbocycles. The van der Waals surface area contributed by atoms with E-state index < -0.39 is 31.8 Å². The summed E-state index contributed by atoms with van der Waals surface area (Å²) in [6.45, 7) is 3.43. The minimum Gasteiger partial charge on any atom is -0.479 e. The summed E-state index contributed by atoms with van der Waals surface area (Å²) >= 11 is 0. The third-order valence-corrected chi connectivity index (χ3v) is 10.1. The number of hydrogen-bond donors (Lipinski definition) is 4. The number of carbonyl (C=O) groups excluding carboxylic acids is 1. The van der Waals surface area contributed by atoms with E-state index in [1.165, 1.54) is 109 Å². The maximum absolute atomic E-state index is 13.0. The van der Waals surface area contributed by atoms with Crippen LogP contribution in [-0.4, -0.2) is 48.7 Å². The number of unbranched alkanes of at least 4 members (excludes halogenated alkanes) is 25. The fraction of sp³-hybridized carbons (Fsp3) is 0.943. The molecule has 8 nitrogen and oxygen atoms in total. The summed E-state index contributed by atoms with van der Waals surface area (Å²) in [5.74, 6) is -2.47. The number of carbonyl (C=O) groups is 2. The molecule has 1 atom stereocenters. The van der Waals surface area contributed by atoms with E-state index >= 15 is 0 Å². The zero-order valence-electron chi connectivity index (χ0n) is 28.6. The number of aliphatic hydroxyl groups is 1. The number of amides is 1. The molecule has 44 heavy (non-hydrogen) atoms. The third kappa shape index (κ3) is 21.0. The summed E-state index contributed by atoms with van der Waals surface area (Å²) in [4.78, 5) is 45.4. The Bertz CT molecular complexity index is 745. The van der Waals surface area contributed by atoms with E-state index in [9.17, 15) is 34.2 Å².